The normalized spacial score (nSPS) is 11.9. The summed E-state index contributed by atoms with van der Waals surface area (Å²) >= 11 is 1.85. The van der Waals surface area contributed by atoms with E-state index in [-0.39, 0.29) is 0 Å². The van der Waals surface area contributed by atoms with E-state index >= 15 is 0 Å². The van der Waals surface area contributed by atoms with Crippen LogP contribution in [0.1, 0.15) is 0 Å². The second kappa shape index (κ2) is 14.5. The Bertz CT molecular complexity index is 3970. The summed E-state index contributed by atoms with van der Waals surface area (Å²) in [4.78, 5) is 1.27. The minimum atomic E-state index is 1.15. The van der Waals surface area contributed by atoms with Crippen LogP contribution in [-0.2, 0) is 0 Å². The van der Waals surface area contributed by atoms with Gasteiger partial charge in [-0.25, -0.2) is 0 Å². The second-order valence-corrected chi connectivity index (χ2v) is 18.4. The summed E-state index contributed by atoms with van der Waals surface area (Å²) in [5.74, 6) is 0. The van der Waals surface area contributed by atoms with Crippen LogP contribution in [0, 0.1) is 0 Å². The first-order chi connectivity index (χ1) is 32.7. The van der Waals surface area contributed by atoms with E-state index in [1.54, 1.807) is 0 Å². The van der Waals surface area contributed by atoms with Crippen molar-refractivity contribution in [1.82, 2.24) is 13.7 Å². The molecule has 0 amide bonds. The molecule has 14 rings (SSSR count). The molecule has 0 N–H and O–H groups in total. The van der Waals surface area contributed by atoms with Crippen molar-refractivity contribution in [3.05, 3.63) is 237 Å². The van der Waals surface area contributed by atoms with Crippen LogP contribution in [0.2, 0.25) is 0 Å². The number of rotatable bonds is 6. The van der Waals surface area contributed by atoms with Crippen LogP contribution in [0.15, 0.2) is 237 Å². The predicted molar refractivity (Wildman–Crippen MR) is 281 cm³/mol. The number of nitrogens with zero attached hydrogens (tertiary/aromatic N) is 3. The van der Waals surface area contributed by atoms with Crippen LogP contribution in [0.5, 0.6) is 0 Å². The van der Waals surface area contributed by atoms with Gasteiger partial charge in [-0.3, -0.25) is 0 Å². The topological polar surface area (TPSA) is 14.8 Å². The number of fused-ring (bicyclic) bond motifs is 10. The van der Waals surface area contributed by atoms with Gasteiger partial charge in [0.25, 0.3) is 0 Å². The lowest BCUT2D eigenvalue weighted by Crippen LogP contribution is -1.94. The van der Waals surface area contributed by atoms with Crippen molar-refractivity contribution in [1.29, 1.82) is 0 Å². The van der Waals surface area contributed by atoms with Gasteiger partial charge < -0.3 is 13.7 Å². The van der Waals surface area contributed by atoms with Crippen molar-refractivity contribution in [2.75, 3.05) is 0 Å². The third kappa shape index (κ3) is 5.69. The van der Waals surface area contributed by atoms with Crippen LogP contribution >= 0.6 is 11.3 Å². The van der Waals surface area contributed by atoms with E-state index in [4.69, 9.17) is 0 Å². The van der Waals surface area contributed by atoms with E-state index in [0.717, 1.165) is 5.69 Å². The van der Waals surface area contributed by atoms with E-state index in [9.17, 15) is 0 Å². The first-order valence-electron chi connectivity index (χ1n) is 22.6. The number of hydrogen-bond acceptors (Lipinski definition) is 1. The molecular formula is C62H39N3S. The van der Waals surface area contributed by atoms with Crippen LogP contribution < -0.4 is 0 Å². The maximum atomic E-state index is 2.46. The SMILES string of the molecule is c1ccc(-n2c3ccccc3c3cc(-c4ccc5c(c4)c4cc(-c6ccc7c(c6)c6ccccc6n7-c6ccccc6)ccc4n5-c4cccc(-c5cc6ccccc6s5)c4)ccc32)cc1. The molecule has 3 nitrogen and oxygen atoms in total. The van der Waals surface area contributed by atoms with Crippen molar-refractivity contribution in [2.24, 2.45) is 0 Å². The number of thiophene rings is 1. The number of benzene rings is 10. The summed E-state index contributed by atoms with van der Waals surface area (Å²) in [7, 11) is 0. The third-order valence-corrected chi connectivity index (χ3v) is 14.8. The molecule has 0 bridgehead atoms. The minimum absolute atomic E-state index is 1.15. The fourth-order valence-corrected chi connectivity index (χ4v) is 11.7. The van der Waals surface area contributed by atoms with E-state index < -0.39 is 0 Å². The summed E-state index contributed by atoms with van der Waals surface area (Å²) in [6, 6.07) is 87.1. The molecule has 4 aromatic heterocycles. The van der Waals surface area contributed by atoms with Gasteiger partial charge in [0.15, 0.2) is 0 Å². The Kier molecular flexibility index (Phi) is 8.15. The highest BCUT2D eigenvalue weighted by atomic mass is 32.1. The van der Waals surface area contributed by atoms with E-state index in [0.29, 0.717) is 0 Å². The lowest BCUT2D eigenvalue weighted by Gasteiger charge is -2.11. The summed E-state index contributed by atoms with van der Waals surface area (Å²) < 4.78 is 8.54. The quantitative estimate of drug-likeness (QED) is 0.158. The molecule has 0 saturated carbocycles. The molecule has 66 heavy (non-hydrogen) atoms. The lowest BCUT2D eigenvalue weighted by molar-refractivity contribution is 1.18. The van der Waals surface area contributed by atoms with Crippen LogP contribution in [0.25, 0.3) is 125 Å². The van der Waals surface area contributed by atoms with Crippen molar-refractivity contribution in [3.63, 3.8) is 0 Å². The highest BCUT2D eigenvalue weighted by Crippen LogP contribution is 2.42. The lowest BCUT2D eigenvalue weighted by atomic mass is 9.98. The molecule has 0 aliphatic carbocycles. The first kappa shape index (κ1) is 37.0. The molecule has 0 unspecified atom stereocenters. The molecule has 0 aliphatic heterocycles. The molecule has 308 valence electrons. The zero-order valence-corrected chi connectivity index (χ0v) is 36.6. The smallest absolute Gasteiger partial charge is 0.0541 e. The average Bonchev–Trinajstić information content (AvgIpc) is 4.14. The molecule has 4 heteroatoms. The maximum absolute atomic E-state index is 2.46. The second-order valence-electron chi connectivity index (χ2n) is 17.3. The molecule has 0 fully saturated rings. The molecule has 0 aliphatic rings. The molecule has 0 saturated heterocycles. The molecule has 4 heterocycles. The summed E-state index contributed by atoms with van der Waals surface area (Å²) in [6.45, 7) is 0. The van der Waals surface area contributed by atoms with Crippen molar-refractivity contribution >= 4 is 86.8 Å². The van der Waals surface area contributed by atoms with Gasteiger partial charge >= 0.3 is 0 Å². The summed E-state index contributed by atoms with van der Waals surface area (Å²) in [5, 5.41) is 8.74. The van der Waals surface area contributed by atoms with Gasteiger partial charge in [-0.2, -0.15) is 0 Å². The summed E-state index contributed by atoms with van der Waals surface area (Å²) in [5.41, 5.74) is 16.7. The van der Waals surface area contributed by atoms with Gasteiger partial charge in [0, 0.05) is 59.0 Å². The summed E-state index contributed by atoms with van der Waals surface area (Å²) in [6.07, 6.45) is 0. The Hall–Kier alpha value is -8.44. The van der Waals surface area contributed by atoms with Gasteiger partial charge in [0.05, 0.1) is 33.1 Å². The molecule has 0 spiro atoms. The Balaban J connectivity index is 0.968. The van der Waals surface area contributed by atoms with Gasteiger partial charge in [-0.1, -0.05) is 127 Å². The molecule has 14 aromatic rings. The van der Waals surface area contributed by atoms with Gasteiger partial charge in [-0.05, 0) is 142 Å². The van der Waals surface area contributed by atoms with Crippen molar-refractivity contribution < 1.29 is 0 Å². The van der Waals surface area contributed by atoms with E-state index in [2.05, 4.69) is 250 Å². The highest BCUT2D eigenvalue weighted by molar-refractivity contribution is 7.22. The van der Waals surface area contributed by atoms with Gasteiger partial charge in [-0.15, -0.1) is 11.3 Å². The molecule has 0 radical (unpaired) electrons. The number of hydrogen-bond donors (Lipinski definition) is 0. The maximum Gasteiger partial charge on any atom is 0.0541 e. The number of aromatic nitrogens is 3. The van der Waals surface area contributed by atoms with Gasteiger partial charge in [0.2, 0.25) is 0 Å². The Morgan fingerprint density at radius 3 is 1.14 bits per heavy atom. The Morgan fingerprint density at radius 1 is 0.242 bits per heavy atom. The highest BCUT2D eigenvalue weighted by Gasteiger charge is 2.19. The Labute approximate surface area is 384 Å². The monoisotopic (exact) mass is 857 g/mol. The zero-order valence-electron chi connectivity index (χ0n) is 35.8. The Morgan fingerprint density at radius 2 is 0.636 bits per heavy atom. The standard InChI is InChI=1S/C62H39N3S/c1-3-16-46(17-4-1)63-55-23-10-8-21-49(55)51-35-40(26-30-57(51)63)42-28-32-59-53(37-42)54-38-43(41-27-31-58-52(36-41)50-22-9-11-24-56(50)64(58)47-18-5-2-6-19-47)29-33-60(54)65(59)48-20-13-15-44(34-48)62-39-45-14-7-12-25-61(45)66-62/h1-39H. The van der Waals surface area contributed by atoms with Gasteiger partial charge in [0.1, 0.15) is 0 Å². The fourth-order valence-electron chi connectivity index (χ4n) is 10.6. The third-order valence-electron chi connectivity index (χ3n) is 13.6. The number of para-hydroxylation sites is 4. The molecule has 0 atom stereocenters. The first-order valence-corrected chi connectivity index (χ1v) is 23.4. The van der Waals surface area contributed by atoms with E-state index in [1.165, 1.54) is 120 Å². The van der Waals surface area contributed by atoms with Crippen LogP contribution in [-0.4, -0.2) is 13.7 Å². The largest absolute Gasteiger partial charge is 0.309 e. The van der Waals surface area contributed by atoms with Crippen molar-refractivity contribution in [3.8, 4) is 49.8 Å². The predicted octanol–water partition coefficient (Wildman–Crippen LogP) is 17.2. The van der Waals surface area contributed by atoms with E-state index in [1.807, 2.05) is 11.3 Å². The zero-order chi connectivity index (χ0) is 43.3. The van der Waals surface area contributed by atoms with Crippen LogP contribution in [0.4, 0.5) is 0 Å². The molecule has 10 aromatic carbocycles. The fraction of sp³-hybridized carbons (Fsp3) is 0. The minimum Gasteiger partial charge on any atom is -0.309 e. The average molecular weight is 858 g/mol. The van der Waals surface area contributed by atoms with Crippen molar-refractivity contribution in [2.45, 2.75) is 0 Å². The van der Waals surface area contributed by atoms with Crippen LogP contribution in [0.3, 0.4) is 0 Å². The molecular weight excluding hydrogens is 819 g/mol.